The normalized spacial score (nSPS) is 21.4. The number of halogens is 4. The quantitative estimate of drug-likeness (QED) is 0.488. The highest BCUT2D eigenvalue weighted by Crippen LogP contribution is 2.34. The summed E-state index contributed by atoms with van der Waals surface area (Å²) >= 11 is 23.7. The second-order valence-electron chi connectivity index (χ2n) is 7.15. The van der Waals surface area contributed by atoms with Crippen LogP contribution < -0.4 is 9.80 Å². The van der Waals surface area contributed by atoms with E-state index in [4.69, 9.17) is 46.4 Å². The minimum absolute atomic E-state index is 0.142. The van der Waals surface area contributed by atoms with Crippen molar-refractivity contribution in [3.05, 3.63) is 56.5 Å². The van der Waals surface area contributed by atoms with Gasteiger partial charge < -0.3 is 5.21 Å². The number of carbonyl (C=O) groups is 4. The van der Waals surface area contributed by atoms with E-state index < -0.39 is 35.7 Å². The molecule has 2 heterocycles. The molecule has 166 valence electrons. The van der Waals surface area contributed by atoms with E-state index >= 15 is 0 Å². The third-order valence-corrected chi connectivity index (χ3v) is 6.69. The van der Waals surface area contributed by atoms with Crippen molar-refractivity contribution in [2.45, 2.75) is 24.9 Å². The van der Waals surface area contributed by atoms with Crippen molar-refractivity contribution >= 4 is 81.4 Å². The second kappa shape index (κ2) is 8.62. The fourth-order valence-corrected chi connectivity index (χ4v) is 4.24. The first kappa shape index (κ1) is 23.0. The second-order valence-corrected chi connectivity index (χ2v) is 8.78. The SMILES string of the molecule is O=C1C[C@H](N(O)[C@H]2CC(=O)N(c3ccc(Cl)c(Cl)c3)C2=O)C(=O)N1c1ccc(Cl)c(Cl)c1. The molecule has 12 heteroatoms. The zero-order valence-corrected chi connectivity index (χ0v) is 19.0. The van der Waals surface area contributed by atoms with Gasteiger partial charge in [0.1, 0.15) is 12.1 Å². The molecule has 4 rings (SSSR count). The minimum Gasteiger partial charge on any atom is -0.312 e. The van der Waals surface area contributed by atoms with E-state index in [2.05, 4.69) is 0 Å². The van der Waals surface area contributed by atoms with Gasteiger partial charge in [-0.15, -0.1) is 0 Å². The minimum atomic E-state index is -1.35. The van der Waals surface area contributed by atoms with Crippen molar-refractivity contribution in [2.24, 2.45) is 0 Å². The lowest BCUT2D eigenvalue weighted by atomic mass is 10.1. The van der Waals surface area contributed by atoms with Gasteiger partial charge in [0, 0.05) is 0 Å². The van der Waals surface area contributed by atoms with E-state index in [9.17, 15) is 24.4 Å². The van der Waals surface area contributed by atoms with Gasteiger partial charge in [-0.1, -0.05) is 46.4 Å². The third kappa shape index (κ3) is 3.87. The number of hydrogen-bond donors (Lipinski definition) is 1. The van der Waals surface area contributed by atoms with Crippen LogP contribution in [0.15, 0.2) is 36.4 Å². The van der Waals surface area contributed by atoms with E-state index in [1.165, 1.54) is 36.4 Å². The Labute approximate surface area is 201 Å². The Morgan fingerprint density at radius 2 is 1.06 bits per heavy atom. The molecule has 0 aromatic heterocycles. The first-order valence-corrected chi connectivity index (χ1v) is 10.7. The standard InChI is InChI=1S/C20H13Cl4N3O5/c21-11-3-1-9(5-13(11)23)25-17(28)7-15(19(25)30)27(32)16-8-18(29)26(20(16)31)10-2-4-12(22)14(24)6-10/h1-6,15-16,32H,7-8H2/t15-,16-/m0/s1. The van der Waals surface area contributed by atoms with Crippen LogP contribution in [0.25, 0.3) is 0 Å². The molecular weight excluding hydrogens is 504 g/mol. The highest BCUT2D eigenvalue weighted by Gasteiger charge is 2.50. The molecule has 0 spiro atoms. The Balaban J connectivity index is 1.57. The first-order valence-electron chi connectivity index (χ1n) is 9.21. The molecule has 2 fully saturated rings. The fourth-order valence-electron chi connectivity index (χ4n) is 3.65. The summed E-state index contributed by atoms with van der Waals surface area (Å²) in [6, 6.07) is 5.71. The summed E-state index contributed by atoms with van der Waals surface area (Å²) in [5.74, 6) is -2.72. The van der Waals surface area contributed by atoms with Gasteiger partial charge in [0.05, 0.1) is 44.3 Å². The maximum atomic E-state index is 12.9. The monoisotopic (exact) mass is 515 g/mol. The molecule has 0 unspecified atom stereocenters. The highest BCUT2D eigenvalue weighted by atomic mass is 35.5. The molecule has 0 radical (unpaired) electrons. The summed E-state index contributed by atoms with van der Waals surface area (Å²) in [5.41, 5.74) is 0.355. The van der Waals surface area contributed by atoms with E-state index in [-0.39, 0.29) is 44.3 Å². The van der Waals surface area contributed by atoms with Gasteiger partial charge in [-0.25, -0.2) is 9.80 Å². The molecule has 4 amide bonds. The lowest BCUT2D eigenvalue weighted by molar-refractivity contribution is -0.172. The predicted molar refractivity (Wildman–Crippen MR) is 118 cm³/mol. The third-order valence-electron chi connectivity index (χ3n) is 5.21. The van der Waals surface area contributed by atoms with Crippen LogP contribution in [0.5, 0.6) is 0 Å². The maximum absolute atomic E-state index is 12.9. The Morgan fingerprint density at radius 1 is 0.688 bits per heavy atom. The summed E-state index contributed by atoms with van der Waals surface area (Å²) < 4.78 is 0. The number of amides is 4. The lowest BCUT2D eigenvalue weighted by Crippen LogP contribution is -2.49. The van der Waals surface area contributed by atoms with Crippen LogP contribution in [0.3, 0.4) is 0 Å². The van der Waals surface area contributed by atoms with Crippen LogP contribution in [0.2, 0.25) is 20.1 Å². The fraction of sp³-hybridized carbons (Fsp3) is 0.200. The average Bonchev–Trinajstić information content (AvgIpc) is 3.20. The Bertz CT molecular complexity index is 1080. The molecule has 0 bridgehead atoms. The molecule has 1 N–H and O–H groups in total. The molecule has 8 nitrogen and oxygen atoms in total. The van der Waals surface area contributed by atoms with Gasteiger partial charge in [0.2, 0.25) is 11.8 Å². The van der Waals surface area contributed by atoms with Crippen LogP contribution in [-0.2, 0) is 19.2 Å². The van der Waals surface area contributed by atoms with Gasteiger partial charge in [-0.3, -0.25) is 19.2 Å². The summed E-state index contributed by atoms with van der Waals surface area (Å²) in [5, 5.41) is 11.9. The van der Waals surface area contributed by atoms with Crippen molar-refractivity contribution < 1.29 is 24.4 Å². The van der Waals surface area contributed by atoms with Crippen molar-refractivity contribution in [1.29, 1.82) is 0 Å². The average molecular weight is 517 g/mol. The van der Waals surface area contributed by atoms with E-state index in [1.807, 2.05) is 0 Å². The van der Waals surface area contributed by atoms with E-state index in [1.54, 1.807) is 0 Å². The van der Waals surface area contributed by atoms with Crippen LogP contribution >= 0.6 is 46.4 Å². The molecule has 2 aliphatic rings. The number of hydrogen-bond acceptors (Lipinski definition) is 6. The van der Waals surface area contributed by atoms with Crippen molar-refractivity contribution in [1.82, 2.24) is 5.06 Å². The number of benzene rings is 2. The van der Waals surface area contributed by atoms with Gasteiger partial charge in [0.15, 0.2) is 0 Å². The van der Waals surface area contributed by atoms with Crippen LogP contribution in [0.4, 0.5) is 11.4 Å². The van der Waals surface area contributed by atoms with Crippen LogP contribution in [0.1, 0.15) is 12.8 Å². The molecule has 2 aromatic rings. The number of imide groups is 2. The van der Waals surface area contributed by atoms with Crippen molar-refractivity contribution in [3.8, 4) is 0 Å². The van der Waals surface area contributed by atoms with Crippen LogP contribution in [0, 0.1) is 0 Å². The summed E-state index contributed by atoms with van der Waals surface area (Å²) in [4.78, 5) is 52.6. The number of carbonyl (C=O) groups excluding carboxylic acids is 4. The summed E-state index contributed by atoms with van der Waals surface area (Å²) in [7, 11) is 0. The zero-order chi connectivity index (χ0) is 23.3. The predicted octanol–water partition coefficient (Wildman–Crippen LogP) is 3.96. The van der Waals surface area contributed by atoms with E-state index in [0.717, 1.165) is 9.80 Å². The summed E-state index contributed by atoms with van der Waals surface area (Å²) in [6.07, 6.45) is -0.777. The zero-order valence-electron chi connectivity index (χ0n) is 16.0. The molecule has 0 saturated carbocycles. The number of anilines is 2. The number of nitrogens with zero attached hydrogens (tertiary/aromatic N) is 3. The Kier molecular flexibility index (Phi) is 6.19. The van der Waals surface area contributed by atoms with E-state index in [0.29, 0.717) is 5.06 Å². The smallest absolute Gasteiger partial charge is 0.254 e. The highest BCUT2D eigenvalue weighted by molar-refractivity contribution is 6.43. The first-order chi connectivity index (χ1) is 15.1. The number of rotatable bonds is 4. The summed E-state index contributed by atoms with van der Waals surface area (Å²) in [6.45, 7) is 0. The van der Waals surface area contributed by atoms with Gasteiger partial charge in [-0.05, 0) is 36.4 Å². The Hall–Kier alpha value is -2.20. The van der Waals surface area contributed by atoms with Gasteiger partial charge in [0.25, 0.3) is 11.8 Å². The maximum Gasteiger partial charge on any atom is 0.254 e. The topological polar surface area (TPSA) is 98.2 Å². The molecule has 2 aromatic carbocycles. The number of hydroxylamine groups is 2. The van der Waals surface area contributed by atoms with Gasteiger partial charge >= 0.3 is 0 Å². The molecule has 2 atom stereocenters. The molecule has 0 aliphatic carbocycles. The molecule has 2 aliphatic heterocycles. The largest absolute Gasteiger partial charge is 0.312 e. The Morgan fingerprint density at radius 3 is 1.41 bits per heavy atom. The molecular formula is C20H13Cl4N3O5. The van der Waals surface area contributed by atoms with Crippen molar-refractivity contribution in [3.63, 3.8) is 0 Å². The molecule has 32 heavy (non-hydrogen) atoms. The van der Waals surface area contributed by atoms with Crippen LogP contribution in [-0.4, -0.2) is 46.0 Å². The molecule has 2 saturated heterocycles. The lowest BCUT2D eigenvalue weighted by Gasteiger charge is -2.25. The van der Waals surface area contributed by atoms with Crippen molar-refractivity contribution in [2.75, 3.05) is 9.80 Å². The van der Waals surface area contributed by atoms with Gasteiger partial charge in [-0.2, -0.15) is 5.06 Å².